The maximum absolute atomic E-state index is 11.7. The maximum atomic E-state index is 11.7. The van der Waals surface area contributed by atoms with Crippen molar-refractivity contribution in [1.82, 2.24) is 0 Å². The lowest BCUT2D eigenvalue weighted by Crippen LogP contribution is -2.30. The van der Waals surface area contributed by atoms with Gasteiger partial charge in [0, 0.05) is 5.56 Å². The molecule has 0 bridgehead atoms. The van der Waals surface area contributed by atoms with Crippen LogP contribution >= 0.6 is 0 Å². The number of rotatable bonds is 14. The Morgan fingerprint density at radius 1 is 0.756 bits per heavy atom. The third-order valence-electron chi connectivity index (χ3n) is 6.31. The van der Waals surface area contributed by atoms with Gasteiger partial charge in [-0.15, -0.1) is 0 Å². The van der Waals surface area contributed by atoms with E-state index in [1.165, 1.54) is 47.7 Å². The molecule has 0 saturated carbocycles. The minimum Gasteiger partial charge on any atom is -0.504 e. The zero-order valence-corrected chi connectivity index (χ0v) is 24.1. The first-order valence-electron chi connectivity index (χ1n) is 12.7. The third-order valence-corrected chi connectivity index (χ3v) is 6.31. The summed E-state index contributed by atoms with van der Waals surface area (Å²) in [6.07, 6.45) is -1.25. The van der Waals surface area contributed by atoms with Crippen LogP contribution < -0.4 is 33.2 Å². The highest BCUT2D eigenvalue weighted by molar-refractivity contribution is 5.89. The van der Waals surface area contributed by atoms with E-state index in [9.17, 15) is 20.1 Å². The molecule has 3 aromatic rings. The van der Waals surface area contributed by atoms with Crippen molar-refractivity contribution in [3.8, 4) is 46.0 Å². The molecular weight excluding hydrogens is 536 g/mol. The number of phenolic OH excluding ortho intramolecular Hbond substituents is 1. The van der Waals surface area contributed by atoms with Crippen molar-refractivity contribution in [1.29, 1.82) is 0 Å². The Balaban J connectivity index is 2.29. The minimum atomic E-state index is -1.19. The van der Waals surface area contributed by atoms with Gasteiger partial charge in [-0.3, -0.25) is 0 Å². The molecular formula is C30H36O11. The Hall–Kier alpha value is -4.51. The fourth-order valence-corrected chi connectivity index (χ4v) is 4.46. The molecule has 3 rings (SSSR count). The zero-order valence-electron chi connectivity index (χ0n) is 24.1. The number of aliphatic hydroxyl groups excluding tert-OH is 1. The highest BCUT2D eigenvalue weighted by Crippen LogP contribution is 2.47. The highest BCUT2D eigenvalue weighted by Gasteiger charge is 2.34. The van der Waals surface area contributed by atoms with Gasteiger partial charge in [-0.25, -0.2) is 4.79 Å². The van der Waals surface area contributed by atoms with Crippen LogP contribution in [0.25, 0.3) is 0 Å². The molecule has 0 heterocycles. The van der Waals surface area contributed by atoms with Gasteiger partial charge in [0.1, 0.15) is 6.10 Å². The van der Waals surface area contributed by atoms with Crippen LogP contribution in [0.4, 0.5) is 0 Å². The van der Waals surface area contributed by atoms with Crippen LogP contribution in [-0.4, -0.2) is 75.7 Å². The van der Waals surface area contributed by atoms with E-state index in [2.05, 4.69) is 0 Å². The van der Waals surface area contributed by atoms with E-state index in [0.717, 1.165) is 0 Å². The van der Waals surface area contributed by atoms with Crippen molar-refractivity contribution in [2.75, 3.05) is 42.2 Å². The van der Waals surface area contributed by atoms with E-state index >= 15 is 0 Å². The number of hydrogen-bond acceptors (Lipinski definition) is 10. The van der Waals surface area contributed by atoms with E-state index < -0.39 is 24.6 Å². The van der Waals surface area contributed by atoms with Crippen LogP contribution in [0.5, 0.6) is 46.0 Å². The lowest BCUT2D eigenvalue weighted by molar-refractivity contribution is 0.0694. The molecule has 2 unspecified atom stereocenters. The van der Waals surface area contributed by atoms with Crippen molar-refractivity contribution in [3.05, 3.63) is 59.2 Å². The lowest BCUT2D eigenvalue weighted by atomic mass is 9.85. The monoisotopic (exact) mass is 572 g/mol. The van der Waals surface area contributed by atoms with Crippen LogP contribution in [-0.2, 0) is 0 Å². The predicted molar refractivity (Wildman–Crippen MR) is 150 cm³/mol. The van der Waals surface area contributed by atoms with Gasteiger partial charge >= 0.3 is 5.97 Å². The van der Waals surface area contributed by atoms with E-state index in [1.54, 1.807) is 30.3 Å². The average Bonchev–Trinajstić information content (AvgIpc) is 2.97. The van der Waals surface area contributed by atoms with Crippen LogP contribution in [0.2, 0.25) is 0 Å². The number of carbonyl (C=O) groups is 1. The molecule has 0 fully saturated rings. The summed E-state index contributed by atoms with van der Waals surface area (Å²) in [4.78, 5) is 11.7. The second-order valence-electron chi connectivity index (χ2n) is 9.15. The number of methoxy groups -OCH3 is 5. The molecule has 3 aromatic carbocycles. The lowest BCUT2D eigenvalue weighted by Gasteiger charge is -2.30. The first kappa shape index (κ1) is 31.0. The van der Waals surface area contributed by atoms with Crippen LogP contribution in [0.3, 0.4) is 0 Å². The van der Waals surface area contributed by atoms with Gasteiger partial charge in [-0.05, 0) is 49.7 Å². The molecule has 3 N–H and O–H groups in total. The maximum Gasteiger partial charge on any atom is 0.335 e. The number of hydrogen-bond donors (Lipinski definition) is 3. The molecule has 41 heavy (non-hydrogen) atoms. The summed E-state index contributed by atoms with van der Waals surface area (Å²) in [6.45, 7) is 3.20. The predicted octanol–water partition coefficient (Wildman–Crippen LogP) is 4.49. The first-order chi connectivity index (χ1) is 19.6. The molecule has 2 atom stereocenters. The van der Waals surface area contributed by atoms with Crippen molar-refractivity contribution in [2.45, 2.75) is 32.0 Å². The Morgan fingerprint density at radius 2 is 1.24 bits per heavy atom. The number of phenols is 1. The molecule has 0 radical (unpaired) electrons. The number of carboxylic acids is 1. The third kappa shape index (κ3) is 6.63. The van der Waals surface area contributed by atoms with Gasteiger partial charge in [-0.1, -0.05) is 12.1 Å². The van der Waals surface area contributed by atoms with Gasteiger partial charge in [0.05, 0.1) is 59.7 Å². The SMILES string of the molecule is COc1cccc(C(c2cc(OC)c(OC(C)C)c(OC)c2)C(CO)Oc2c(OC)cc(C(=O)O)cc2OC)c1O. The largest absolute Gasteiger partial charge is 0.504 e. The van der Waals surface area contributed by atoms with E-state index in [-0.39, 0.29) is 40.4 Å². The van der Waals surface area contributed by atoms with Gasteiger partial charge in [0.15, 0.2) is 34.5 Å². The highest BCUT2D eigenvalue weighted by atomic mass is 16.6. The first-order valence-corrected chi connectivity index (χ1v) is 12.7. The number of benzene rings is 3. The van der Waals surface area contributed by atoms with E-state index in [0.29, 0.717) is 28.4 Å². The number of aromatic hydroxyl groups is 1. The molecule has 0 saturated heterocycles. The van der Waals surface area contributed by atoms with Crippen molar-refractivity contribution in [3.63, 3.8) is 0 Å². The summed E-state index contributed by atoms with van der Waals surface area (Å²) in [5.41, 5.74) is 0.825. The Morgan fingerprint density at radius 3 is 1.68 bits per heavy atom. The number of aromatic carboxylic acids is 1. The molecule has 11 heteroatoms. The average molecular weight is 573 g/mol. The standard InChI is InChI=1S/C30H36O11/c1-16(2)40-28-21(36-4)11-17(12-22(28)37-5)26(19-9-8-10-20(35-3)27(19)32)25(15-31)41-29-23(38-6)13-18(30(33)34)14-24(29)39-7/h8-14,16,25-26,31-32H,15H2,1-7H3,(H,33,34). The van der Waals surface area contributed by atoms with Gasteiger partial charge in [-0.2, -0.15) is 0 Å². The molecule has 0 aliphatic heterocycles. The van der Waals surface area contributed by atoms with E-state index in [4.69, 9.17) is 33.2 Å². The summed E-state index contributed by atoms with van der Waals surface area (Å²) in [5, 5.41) is 31.4. The second-order valence-corrected chi connectivity index (χ2v) is 9.15. The quantitative estimate of drug-likeness (QED) is 0.251. The summed E-state index contributed by atoms with van der Waals surface area (Å²) < 4.78 is 39.8. The van der Waals surface area contributed by atoms with Crippen LogP contribution in [0, 0.1) is 0 Å². The summed E-state index contributed by atoms with van der Waals surface area (Å²) in [5.74, 6) is -0.674. The van der Waals surface area contributed by atoms with Crippen LogP contribution in [0.1, 0.15) is 41.3 Å². The smallest absolute Gasteiger partial charge is 0.335 e. The fourth-order valence-electron chi connectivity index (χ4n) is 4.46. The molecule has 11 nitrogen and oxygen atoms in total. The molecule has 0 spiro atoms. The number of ether oxygens (including phenoxy) is 7. The summed E-state index contributed by atoms with van der Waals surface area (Å²) in [6, 6.07) is 11.0. The number of aliphatic hydroxyl groups is 1. The van der Waals surface area contributed by atoms with Crippen molar-refractivity contribution >= 4 is 5.97 Å². The fraction of sp³-hybridized carbons (Fsp3) is 0.367. The Bertz CT molecular complexity index is 1300. The van der Waals surface area contributed by atoms with Gasteiger partial charge < -0.3 is 48.5 Å². The molecule has 0 aromatic heterocycles. The molecule has 0 amide bonds. The van der Waals surface area contributed by atoms with Gasteiger partial charge in [0.25, 0.3) is 0 Å². The van der Waals surface area contributed by atoms with E-state index in [1.807, 2.05) is 13.8 Å². The molecule has 0 aliphatic carbocycles. The van der Waals surface area contributed by atoms with Crippen LogP contribution in [0.15, 0.2) is 42.5 Å². The second kappa shape index (κ2) is 13.7. The Labute approximate surface area is 238 Å². The topological polar surface area (TPSA) is 142 Å². The summed E-state index contributed by atoms with van der Waals surface area (Å²) in [7, 11) is 7.12. The minimum absolute atomic E-state index is 0.0603. The Kier molecular flexibility index (Phi) is 10.4. The normalized spacial score (nSPS) is 12.3. The molecule has 0 aliphatic rings. The zero-order chi connectivity index (χ0) is 30.3. The number of carboxylic acid groups (broad SMARTS) is 1. The summed E-state index contributed by atoms with van der Waals surface area (Å²) >= 11 is 0. The van der Waals surface area contributed by atoms with Crippen molar-refractivity contribution < 1.29 is 53.3 Å². The van der Waals surface area contributed by atoms with Crippen molar-refractivity contribution in [2.24, 2.45) is 0 Å². The number of para-hydroxylation sites is 1. The molecule has 222 valence electrons. The van der Waals surface area contributed by atoms with Gasteiger partial charge in [0.2, 0.25) is 11.5 Å².